The summed E-state index contributed by atoms with van der Waals surface area (Å²) in [6.07, 6.45) is 9.57. The summed E-state index contributed by atoms with van der Waals surface area (Å²) >= 11 is 0. The maximum Gasteiger partial charge on any atom is 0.0381 e. The van der Waals surface area contributed by atoms with Crippen molar-refractivity contribution in [2.24, 2.45) is 0 Å². The zero-order chi connectivity index (χ0) is 13.9. The normalized spacial score (nSPS) is 10.5. The molecule has 2 nitrogen and oxygen atoms in total. The Morgan fingerprint density at radius 3 is 2.32 bits per heavy atom. The van der Waals surface area contributed by atoms with Crippen molar-refractivity contribution in [2.75, 3.05) is 30.9 Å². The summed E-state index contributed by atoms with van der Waals surface area (Å²) in [5, 5.41) is 3.52. The third kappa shape index (κ3) is 7.09. The molecule has 0 aromatic heterocycles. The SMILES string of the molecule is CCCCCCCCCNc1cccc(N(C)C)c1. The molecule has 108 valence electrons. The number of benzene rings is 1. The highest BCUT2D eigenvalue weighted by Crippen LogP contribution is 2.17. The fourth-order valence-corrected chi connectivity index (χ4v) is 2.21. The fraction of sp³-hybridized carbons (Fsp3) is 0.647. The molecule has 1 N–H and O–H groups in total. The van der Waals surface area contributed by atoms with Crippen LogP contribution in [0.3, 0.4) is 0 Å². The molecule has 1 rings (SSSR count). The maximum atomic E-state index is 3.52. The lowest BCUT2D eigenvalue weighted by Crippen LogP contribution is -2.09. The van der Waals surface area contributed by atoms with Gasteiger partial charge in [-0.25, -0.2) is 0 Å². The highest BCUT2D eigenvalue weighted by Gasteiger charge is 1.97. The van der Waals surface area contributed by atoms with Crippen LogP contribution >= 0.6 is 0 Å². The Morgan fingerprint density at radius 1 is 0.947 bits per heavy atom. The summed E-state index contributed by atoms with van der Waals surface area (Å²) in [7, 11) is 4.16. The third-order valence-corrected chi connectivity index (χ3v) is 3.47. The highest BCUT2D eigenvalue weighted by atomic mass is 15.1. The van der Waals surface area contributed by atoms with Crippen molar-refractivity contribution in [1.29, 1.82) is 0 Å². The van der Waals surface area contributed by atoms with E-state index in [1.165, 1.54) is 56.3 Å². The lowest BCUT2D eigenvalue weighted by Gasteiger charge is -2.14. The molecule has 1 aromatic carbocycles. The lowest BCUT2D eigenvalue weighted by atomic mass is 10.1. The van der Waals surface area contributed by atoms with Gasteiger partial charge in [0.1, 0.15) is 0 Å². The van der Waals surface area contributed by atoms with Gasteiger partial charge in [0.15, 0.2) is 0 Å². The van der Waals surface area contributed by atoms with Crippen molar-refractivity contribution in [2.45, 2.75) is 51.9 Å². The van der Waals surface area contributed by atoms with Crippen molar-refractivity contribution in [3.63, 3.8) is 0 Å². The molecule has 0 saturated heterocycles. The molecule has 0 aliphatic heterocycles. The molecule has 2 heteroatoms. The summed E-state index contributed by atoms with van der Waals surface area (Å²) in [5.74, 6) is 0. The van der Waals surface area contributed by atoms with E-state index < -0.39 is 0 Å². The van der Waals surface area contributed by atoms with E-state index in [2.05, 4.69) is 55.5 Å². The van der Waals surface area contributed by atoms with Crippen LogP contribution in [0.2, 0.25) is 0 Å². The quantitative estimate of drug-likeness (QED) is 0.602. The average molecular weight is 262 g/mol. The van der Waals surface area contributed by atoms with Gasteiger partial charge in [0, 0.05) is 32.0 Å². The third-order valence-electron chi connectivity index (χ3n) is 3.47. The van der Waals surface area contributed by atoms with E-state index in [9.17, 15) is 0 Å². The highest BCUT2D eigenvalue weighted by molar-refractivity contribution is 5.57. The fourth-order valence-electron chi connectivity index (χ4n) is 2.21. The van der Waals surface area contributed by atoms with Crippen LogP contribution in [0.5, 0.6) is 0 Å². The van der Waals surface area contributed by atoms with Gasteiger partial charge in [-0.3, -0.25) is 0 Å². The molecule has 0 heterocycles. The lowest BCUT2D eigenvalue weighted by molar-refractivity contribution is 0.596. The van der Waals surface area contributed by atoms with Crippen molar-refractivity contribution in [3.05, 3.63) is 24.3 Å². The van der Waals surface area contributed by atoms with Crippen LogP contribution in [0.4, 0.5) is 11.4 Å². The first-order valence-electron chi connectivity index (χ1n) is 7.75. The van der Waals surface area contributed by atoms with Gasteiger partial charge in [0.25, 0.3) is 0 Å². The first-order chi connectivity index (χ1) is 9.24. The number of nitrogens with zero attached hydrogens (tertiary/aromatic N) is 1. The Labute approximate surface area is 119 Å². The molecular formula is C17H30N2. The van der Waals surface area contributed by atoms with Gasteiger partial charge < -0.3 is 10.2 Å². The van der Waals surface area contributed by atoms with Gasteiger partial charge in [-0.2, -0.15) is 0 Å². The Hall–Kier alpha value is -1.18. The van der Waals surface area contributed by atoms with Crippen LogP contribution in [0, 0.1) is 0 Å². The summed E-state index contributed by atoms with van der Waals surface area (Å²) in [5.41, 5.74) is 2.49. The van der Waals surface area contributed by atoms with Crippen LogP contribution in [0.1, 0.15) is 51.9 Å². The van der Waals surface area contributed by atoms with Crippen LogP contribution in [-0.2, 0) is 0 Å². The van der Waals surface area contributed by atoms with E-state index in [4.69, 9.17) is 0 Å². The van der Waals surface area contributed by atoms with E-state index in [1.807, 2.05) is 0 Å². The van der Waals surface area contributed by atoms with Gasteiger partial charge in [0.05, 0.1) is 0 Å². The molecule has 0 fully saturated rings. The summed E-state index contributed by atoms with van der Waals surface area (Å²) in [4.78, 5) is 2.14. The van der Waals surface area contributed by atoms with E-state index >= 15 is 0 Å². The Balaban J connectivity index is 2.10. The van der Waals surface area contributed by atoms with E-state index in [1.54, 1.807) is 0 Å². The molecule has 19 heavy (non-hydrogen) atoms. The average Bonchev–Trinajstić information content (AvgIpc) is 2.42. The second kappa shape index (κ2) is 9.71. The molecule has 0 spiro atoms. The minimum absolute atomic E-state index is 1.09. The van der Waals surface area contributed by atoms with Crippen molar-refractivity contribution in [3.8, 4) is 0 Å². The minimum Gasteiger partial charge on any atom is -0.385 e. The van der Waals surface area contributed by atoms with E-state index in [0.29, 0.717) is 0 Å². The number of rotatable bonds is 10. The molecule has 0 bridgehead atoms. The van der Waals surface area contributed by atoms with Gasteiger partial charge in [-0.05, 0) is 24.6 Å². The topological polar surface area (TPSA) is 15.3 Å². The Kier molecular flexibility index (Phi) is 8.11. The molecule has 0 atom stereocenters. The Bertz CT molecular complexity index is 334. The Morgan fingerprint density at radius 2 is 1.63 bits per heavy atom. The molecule has 0 amide bonds. The standard InChI is InChI=1S/C17H30N2/c1-4-5-6-7-8-9-10-14-18-16-12-11-13-17(15-16)19(2)3/h11-13,15,18H,4-10,14H2,1-3H3. The van der Waals surface area contributed by atoms with E-state index in [0.717, 1.165) is 6.54 Å². The molecule has 0 saturated carbocycles. The zero-order valence-corrected chi connectivity index (χ0v) is 12.9. The second-order valence-electron chi connectivity index (χ2n) is 5.49. The first kappa shape index (κ1) is 15.9. The van der Waals surface area contributed by atoms with Gasteiger partial charge in [-0.1, -0.05) is 51.5 Å². The van der Waals surface area contributed by atoms with Crippen LogP contribution in [0.25, 0.3) is 0 Å². The molecule has 0 unspecified atom stereocenters. The number of nitrogens with one attached hydrogen (secondary N) is 1. The van der Waals surface area contributed by atoms with Crippen molar-refractivity contribution >= 4 is 11.4 Å². The zero-order valence-electron chi connectivity index (χ0n) is 12.9. The van der Waals surface area contributed by atoms with Crippen molar-refractivity contribution in [1.82, 2.24) is 0 Å². The predicted molar refractivity (Wildman–Crippen MR) is 87.3 cm³/mol. The molecule has 0 aliphatic carbocycles. The summed E-state index contributed by atoms with van der Waals surface area (Å²) < 4.78 is 0. The number of anilines is 2. The van der Waals surface area contributed by atoms with Crippen molar-refractivity contribution < 1.29 is 0 Å². The second-order valence-corrected chi connectivity index (χ2v) is 5.49. The number of hydrogen-bond acceptors (Lipinski definition) is 2. The summed E-state index contributed by atoms with van der Waals surface area (Å²) in [6, 6.07) is 8.61. The summed E-state index contributed by atoms with van der Waals surface area (Å²) in [6.45, 7) is 3.36. The van der Waals surface area contributed by atoms with Gasteiger partial charge >= 0.3 is 0 Å². The number of hydrogen-bond donors (Lipinski definition) is 1. The first-order valence-corrected chi connectivity index (χ1v) is 7.75. The van der Waals surface area contributed by atoms with Crippen LogP contribution < -0.4 is 10.2 Å². The smallest absolute Gasteiger partial charge is 0.0381 e. The molecule has 1 aromatic rings. The molecule has 0 radical (unpaired) electrons. The monoisotopic (exact) mass is 262 g/mol. The minimum atomic E-state index is 1.09. The van der Waals surface area contributed by atoms with Crippen LogP contribution in [-0.4, -0.2) is 20.6 Å². The largest absolute Gasteiger partial charge is 0.385 e. The van der Waals surface area contributed by atoms with Gasteiger partial charge in [-0.15, -0.1) is 0 Å². The number of unbranched alkanes of at least 4 members (excludes halogenated alkanes) is 6. The van der Waals surface area contributed by atoms with Gasteiger partial charge in [0.2, 0.25) is 0 Å². The maximum absolute atomic E-state index is 3.52. The van der Waals surface area contributed by atoms with E-state index in [-0.39, 0.29) is 0 Å². The molecule has 0 aliphatic rings. The molecular weight excluding hydrogens is 232 g/mol. The van der Waals surface area contributed by atoms with Crippen LogP contribution in [0.15, 0.2) is 24.3 Å². The predicted octanol–water partition coefficient (Wildman–Crippen LogP) is 4.92.